The molecule has 0 radical (unpaired) electrons. The topological polar surface area (TPSA) is 53.0 Å². The Morgan fingerprint density at radius 3 is 2.52 bits per heavy atom. The molecule has 0 bridgehead atoms. The number of aromatic hydroxyl groups is 1. The Morgan fingerprint density at radius 1 is 1.29 bits per heavy atom. The van der Waals surface area contributed by atoms with Crippen molar-refractivity contribution in [2.75, 3.05) is 39.8 Å². The quantitative estimate of drug-likeness (QED) is 0.869. The van der Waals surface area contributed by atoms with Gasteiger partial charge in [0.05, 0.1) is 13.1 Å². The van der Waals surface area contributed by atoms with Crippen LogP contribution in [0.25, 0.3) is 0 Å². The maximum absolute atomic E-state index is 12.0. The number of halogens is 1. The molecule has 1 heterocycles. The molecule has 6 heteroatoms. The Labute approximate surface area is 131 Å². The summed E-state index contributed by atoms with van der Waals surface area (Å²) < 4.78 is 5.53. The van der Waals surface area contributed by atoms with E-state index in [-0.39, 0.29) is 24.1 Å². The van der Waals surface area contributed by atoms with E-state index in [9.17, 15) is 4.79 Å². The fraction of sp³-hybridized carbons (Fsp3) is 0.533. The summed E-state index contributed by atoms with van der Waals surface area (Å²) >= 11 is 0. The Hall–Kier alpha value is -1.46. The van der Waals surface area contributed by atoms with Crippen molar-refractivity contribution in [3.8, 4) is 11.5 Å². The normalized spacial score (nSPS) is 14.5. The van der Waals surface area contributed by atoms with Gasteiger partial charge in [-0.05, 0) is 50.2 Å². The molecule has 1 aliphatic heterocycles. The molecule has 1 aromatic carbocycles. The minimum absolute atomic E-state index is 0. The van der Waals surface area contributed by atoms with Gasteiger partial charge in [0.15, 0.2) is 0 Å². The van der Waals surface area contributed by atoms with Gasteiger partial charge in [-0.15, -0.1) is 12.4 Å². The van der Waals surface area contributed by atoms with E-state index in [4.69, 9.17) is 9.84 Å². The van der Waals surface area contributed by atoms with Gasteiger partial charge < -0.3 is 14.7 Å². The van der Waals surface area contributed by atoms with Gasteiger partial charge in [0, 0.05) is 7.05 Å². The second kappa shape index (κ2) is 8.74. The standard InChI is InChI=1S/C15H22N2O3.ClH/c1-16(15(19)12-17-8-2-3-9-17)10-11-20-14-6-4-13(18)5-7-14;/h4-7,18H,2-3,8-12H2,1H3;1H. The van der Waals surface area contributed by atoms with Crippen LogP contribution in [-0.4, -0.2) is 60.6 Å². The lowest BCUT2D eigenvalue weighted by atomic mass is 10.3. The number of nitrogens with zero attached hydrogens (tertiary/aromatic N) is 2. The van der Waals surface area contributed by atoms with Gasteiger partial charge in [-0.3, -0.25) is 9.69 Å². The van der Waals surface area contributed by atoms with Crippen molar-refractivity contribution in [3.63, 3.8) is 0 Å². The molecule has 5 nitrogen and oxygen atoms in total. The maximum atomic E-state index is 12.0. The lowest BCUT2D eigenvalue weighted by molar-refractivity contribution is -0.131. The van der Waals surface area contributed by atoms with E-state index in [2.05, 4.69) is 4.90 Å². The number of hydrogen-bond donors (Lipinski definition) is 1. The number of hydrogen-bond acceptors (Lipinski definition) is 4. The SMILES string of the molecule is CN(CCOc1ccc(O)cc1)C(=O)CN1CCCC1.Cl. The first-order chi connectivity index (χ1) is 9.65. The zero-order valence-corrected chi connectivity index (χ0v) is 13.1. The molecule has 0 atom stereocenters. The van der Waals surface area contributed by atoms with E-state index in [0.29, 0.717) is 25.4 Å². The molecule has 1 fully saturated rings. The molecule has 0 aromatic heterocycles. The molecule has 118 valence electrons. The number of benzene rings is 1. The van der Waals surface area contributed by atoms with Gasteiger partial charge in [-0.2, -0.15) is 0 Å². The highest BCUT2D eigenvalue weighted by atomic mass is 35.5. The number of likely N-dealkylation sites (tertiary alicyclic amines) is 1. The van der Waals surface area contributed by atoms with Crippen molar-refractivity contribution in [3.05, 3.63) is 24.3 Å². The van der Waals surface area contributed by atoms with Crippen LogP contribution in [-0.2, 0) is 4.79 Å². The van der Waals surface area contributed by atoms with Crippen molar-refractivity contribution in [1.29, 1.82) is 0 Å². The van der Waals surface area contributed by atoms with Crippen LogP contribution in [0.15, 0.2) is 24.3 Å². The van der Waals surface area contributed by atoms with E-state index in [1.807, 2.05) is 0 Å². The van der Waals surface area contributed by atoms with Crippen LogP contribution in [0.3, 0.4) is 0 Å². The third-order valence-electron chi connectivity index (χ3n) is 3.52. The number of rotatable bonds is 6. The van der Waals surface area contributed by atoms with E-state index in [0.717, 1.165) is 13.1 Å². The minimum atomic E-state index is 0. The molecule has 1 N–H and O–H groups in total. The molecule has 1 aliphatic rings. The molecule has 0 saturated carbocycles. The summed E-state index contributed by atoms with van der Waals surface area (Å²) in [5.74, 6) is 1.06. The molecule has 21 heavy (non-hydrogen) atoms. The van der Waals surface area contributed by atoms with Crippen LogP contribution in [0.4, 0.5) is 0 Å². The zero-order valence-electron chi connectivity index (χ0n) is 12.3. The highest BCUT2D eigenvalue weighted by Gasteiger charge is 2.17. The summed E-state index contributed by atoms with van der Waals surface area (Å²) in [6, 6.07) is 6.58. The highest BCUT2D eigenvalue weighted by molar-refractivity contribution is 5.85. The van der Waals surface area contributed by atoms with Crippen LogP contribution in [0.1, 0.15) is 12.8 Å². The molecule has 1 amide bonds. The number of phenols is 1. The first-order valence-electron chi connectivity index (χ1n) is 7.03. The monoisotopic (exact) mass is 314 g/mol. The summed E-state index contributed by atoms with van der Waals surface area (Å²) in [6.45, 7) is 3.59. The number of amides is 1. The summed E-state index contributed by atoms with van der Waals surface area (Å²) in [7, 11) is 1.80. The van der Waals surface area contributed by atoms with Crippen molar-refractivity contribution in [2.45, 2.75) is 12.8 Å². The minimum Gasteiger partial charge on any atom is -0.508 e. The summed E-state index contributed by atoms with van der Waals surface area (Å²) in [6.07, 6.45) is 2.39. The number of phenolic OH excluding ortho intramolecular Hbond substituents is 1. The van der Waals surface area contributed by atoms with E-state index < -0.39 is 0 Å². The molecular formula is C15H23ClN2O3. The second-order valence-corrected chi connectivity index (χ2v) is 5.14. The molecule has 1 aromatic rings. The van der Waals surface area contributed by atoms with Crippen LogP contribution in [0, 0.1) is 0 Å². The molecular weight excluding hydrogens is 292 g/mol. The Morgan fingerprint density at radius 2 is 1.90 bits per heavy atom. The lowest BCUT2D eigenvalue weighted by Gasteiger charge is -2.21. The van der Waals surface area contributed by atoms with Gasteiger partial charge in [-0.1, -0.05) is 0 Å². The fourth-order valence-corrected chi connectivity index (χ4v) is 2.22. The van der Waals surface area contributed by atoms with Crippen molar-refractivity contribution < 1.29 is 14.6 Å². The fourth-order valence-electron chi connectivity index (χ4n) is 2.22. The van der Waals surface area contributed by atoms with Crippen LogP contribution >= 0.6 is 12.4 Å². The number of ether oxygens (including phenoxy) is 1. The number of likely N-dealkylation sites (N-methyl/N-ethyl adjacent to an activating group) is 1. The Balaban J connectivity index is 0.00000220. The van der Waals surface area contributed by atoms with E-state index >= 15 is 0 Å². The van der Waals surface area contributed by atoms with Gasteiger partial charge in [0.25, 0.3) is 0 Å². The zero-order chi connectivity index (χ0) is 14.4. The Kier molecular flexibility index (Phi) is 7.32. The van der Waals surface area contributed by atoms with Gasteiger partial charge in [0.1, 0.15) is 18.1 Å². The third-order valence-corrected chi connectivity index (χ3v) is 3.52. The van der Waals surface area contributed by atoms with E-state index in [1.165, 1.54) is 12.8 Å². The largest absolute Gasteiger partial charge is 0.508 e. The first kappa shape index (κ1) is 17.6. The highest BCUT2D eigenvalue weighted by Crippen LogP contribution is 2.15. The van der Waals surface area contributed by atoms with Crippen molar-refractivity contribution >= 4 is 18.3 Å². The summed E-state index contributed by atoms with van der Waals surface area (Å²) in [5, 5.41) is 9.17. The smallest absolute Gasteiger partial charge is 0.236 e. The predicted octanol–water partition coefficient (Wildman–Crippen LogP) is 1.75. The molecule has 0 unspecified atom stereocenters. The summed E-state index contributed by atoms with van der Waals surface area (Å²) in [4.78, 5) is 15.9. The first-order valence-corrected chi connectivity index (χ1v) is 7.03. The number of carbonyl (C=O) groups is 1. The molecule has 2 rings (SSSR count). The predicted molar refractivity (Wildman–Crippen MR) is 84.2 cm³/mol. The van der Waals surface area contributed by atoms with Crippen LogP contribution in [0.2, 0.25) is 0 Å². The van der Waals surface area contributed by atoms with Crippen molar-refractivity contribution in [2.24, 2.45) is 0 Å². The van der Waals surface area contributed by atoms with Crippen LogP contribution in [0.5, 0.6) is 11.5 Å². The van der Waals surface area contributed by atoms with Gasteiger partial charge in [0.2, 0.25) is 5.91 Å². The number of carbonyl (C=O) groups excluding carboxylic acids is 1. The lowest BCUT2D eigenvalue weighted by Crippen LogP contribution is -2.38. The molecule has 0 spiro atoms. The van der Waals surface area contributed by atoms with Gasteiger partial charge >= 0.3 is 0 Å². The maximum Gasteiger partial charge on any atom is 0.236 e. The Bertz CT molecular complexity index is 433. The average molecular weight is 315 g/mol. The van der Waals surface area contributed by atoms with Crippen molar-refractivity contribution in [1.82, 2.24) is 9.80 Å². The average Bonchev–Trinajstić information content (AvgIpc) is 2.93. The molecule has 0 aliphatic carbocycles. The third kappa shape index (κ3) is 5.81. The van der Waals surface area contributed by atoms with Crippen LogP contribution < -0.4 is 4.74 Å². The second-order valence-electron chi connectivity index (χ2n) is 5.14. The molecule has 1 saturated heterocycles. The van der Waals surface area contributed by atoms with Gasteiger partial charge in [-0.25, -0.2) is 0 Å². The van der Waals surface area contributed by atoms with E-state index in [1.54, 1.807) is 36.2 Å². The summed E-state index contributed by atoms with van der Waals surface area (Å²) in [5.41, 5.74) is 0.